The van der Waals surface area contributed by atoms with Crippen molar-refractivity contribution in [2.24, 2.45) is 0 Å². The lowest BCUT2D eigenvalue weighted by molar-refractivity contribution is -0.116. The fraction of sp³-hybridized carbons (Fsp3) is 0.125. The Morgan fingerprint density at radius 1 is 0.970 bits per heavy atom. The minimum Gasteiger partial charge on any atom is -0.421 e. The molecule has 0 atom stereocenters. The van der Waals surface area contributed by atoms with Crippen LogP contribution in [-0.2, 0) is 17.8 Å². The molecule has 0 aliphatic heterocycles. The van der Waals surface area contributed by atoms with Gasteiger partial charge in [0, 0.05) is 30.3 Å². The van der Waals surface area contributed by atoms with Gasteiger partial charge in [-0.05, 0) is 42.5 Å². The van der Waals surface area contributed by atoms with E-state index in [1.807, 2.05) is 42.5 Å². The van der Waals surface area contributed by atoms with Gasteiger partial charge in [0.05, 0.1) is 22.8 Å². The van der Waals surface area contributed by atoms with Gasteiger partial charge in [0.1, 0.15) is 0 Å². The van der Waals surface area contributed by atoms with Crippen molar-refractivity contribution in [1.29, 1.82) is 0 Å². The summed E-state index contributed by atoms with van der Waals surface area (Å²) < 4.78 is 5.61. The molecule has 2 N–H and O–H groups in total. The molecular formula is C24H20ClN5O3. The van der Waals surface area contributed by atoms with Gasteiger partial charge in [-0.3, -0.25) is 14.6 Å². The monoisotopic (exact) mass is 461 g/mol. The van der Waals surface area contributed by atoms with E-state index in [0.717, 1.165) is 11.3 Å². The van der Waals surface area contributed by atoms with Crippen molar-refractivity contribution in [3.05, 3.63) is 95.1 Å². The molecular weight excluding hydrogens is 442 g/mol. The zero-order chi connectivity index (χ0) is 23.0. The number of hydrogen-bond donors (Lipinski definition) is 2. The zero-order valence-corrected chi connectivity index (χ0v) is 18.2. The third-order valence-corrected chi connectivity index (χ3v) is 5.02. The van der Waals surface area contributed by atoms with Crippen molar-refractivity contribution in [3.63, 3.8) is 0 Å². The van der Waals surface area contributed by atoms with E-state index in [1.165, 1.54) is 6.07 Å². The Balaban J connectivity index is 1.29. The first-order valence-electron chi connectivity index (χ1n) is 10.2. The summed E-state index contributed by atoms with van der Waals surface area (Å²) in [5, 5.41) is 13.8. The van der Waals surface area contributed by atoms with E-state index in [9.17, 15) is 9.59 Å². The number of amides is 2. The highest BCUT2D eigenvalue weighted by molar-refractivity contribution is 6.34. The molecule has 0 aliphatic carbocycles. The van der Waals surface area contributed by atoms with E-state index < -0.39 is 0 Å². The quantitative estimate of drug-likeness (QED) is 0.405. The number of anilines is 1. The Morgan fingerprint density at radius 2 is 1.79 bits per heavy atom. The van der Waals surface area contributed by atoms with Gasteiger partial charge in [0.2, 0.25) is 17.7 Å². The van der Waals surface area contributed by atoms with E-state index in [-0.39, 0.29) is 29.8 Å². The zero-order valence-electron chi connectivity index (χ0n) is 17.5. The number of halogens is 1. The van der Waals surface area contributed by atoms with Crippen LogP contribution in [0, 0.1) is 0 Å². The molecule has 4 rings (SSSR count). The highest BCUT2D eigenvalue weighted by Gasteiger charge is 2.13. The lowest BCUT2D eigenvalue weighted by Gasteiger charge is -2.09. The van der Waals surface area contributed by atoms with Crippen LogP contribution >= 0.6 is 11.6 Å². The van der Waals surface area contributed by atoms with Crippen LogP contribution in [0.1, 0.15) is 28.4 Å². The maximum atomic E-state index is 12.4. The van der Waals surface area contributed by atoms with Crippen molar-refractivity contribution in [3.8, 4) is 11.5 Å². The Bertz CT molecular complexity index is 1250. The SMILES string of the molecule is O=C(CCc1nnc(-c2ccccc2)o1)Nc1ccc(C(=O)NCc2ccccn2)c(Cl)c1. The molecule has 0 spiro atoms. The van der Waals surface area contributed by atoms with Gasteiger partial charge >= 0.3 is 0 Å². The third kappa shape index (κ3) is 6.02. The molecule has 0 aliphatic rings. The van der Waals surface area contributed by atoms with E-state index >= 15 is 0 Å². The summed E-state index contributed by atoms with van der Waals surface area (Å²) in [6.07, 6.45) is 2.11. The average Bonchev–Trinajstić information content (AvgIpc) is 3.32. The van der Waals surface area contributed by atoms with E-state index in [0.29, 0.717) is 29.5 Å². The van der Waals surface area contributed by atoms with Gasteiger partial charge in [-0.2, -0.15) is 0 Å². The number of nitrogens with zero attached hydrogens (tertiary/aromatic N) is 3. The molecule has 0 radical (unpaired) electrons. The second-order valence-electron chi connectivity index (χ2n) is 7.11. The highest BCUT2D eigenvalue weighted by Crippen LogP contribution is 2.22. The minimum atomic E-state index is -0.325. The third-order valence-electron chi connectivity index (χ3n) is 4.71. The summed E-state index contributed by atoms with van der Waals surface area (Å²) >= 11 is 6.26. The Morgan fingerprint density at radius 3 is 2.55 bits per heavy atom. The van der Waals surface area contributed by atoms with Gasteiger partial charge in [-0.15, -0.1) is 10.2 Å². The van der Waals surface area contributed by atoms with Gasteiger partial charge in [-0.25, -0.2) is 0 Å². The fourth-order valence-electron chi connectivity index (χ4n) is 3.04. The molecule has 2 heterocycles. The number of benzene rings is 2. The molecule has 0 fully saturated rings. The summed E-state index contributed by atoms with van der Waals surface area (Å²) in [6.45, 7) is 0.288. The number of aromatic nitrogens is 3. The van der Waals surface area contributed by atoms with Gasteiger partial charge in [-0.1, -0.05) is 35.9 Å². The summed E-state index contributed by atoms with van der Waals surface area (Å²) in [6, 6.07) is 19.6. The van der Waals surface area contributed by atoms with E-state index in [1.54, 1.807) is 24.4 Å². The molecule has 33 heavy (non-hydrogen) atoms. The average molecular weight is 462 g/mol. The first kappa shape index (κ1) is 22.2. The number of nitrogens with one attached hydrogen (secondary N) is 2. The molecule has 9 heteroatoms. The number of hydrogen-bond acceptors (Lipinski definition) is 6. The number of carbonyl (C=O) groups is 2. The Labute approximate surface area is 195 Å². The van der Waals surface area contributed by atoms with Crippen molar-refractivity contribution < 1.29 is 14.0 Å². The fourth-order valence-corrected chi connectivity index (χ4v) is 3.31. The molecule has 8 nitrogen and oxygen atoms in total. The van der Waals surface area contributed by atoms with Crippen LogP contribution in [0.2, 0.25) is 5.02 Å². The van der Waals surface area contributed by atoms with Crippen molar-refractivity contribution in [2.45, 2.75) is 19.4 Å². The standard InChI is InChI=1S/C24H20ClN5O3/c25-20-14-17(9-10-19(20)23(32)27-15-18-8-4-5-13-26-18)28-21(31)11-12-22-29-30-24(33-22)16-6-2-1-3-7-16/h1-10,13-14H,11-12,15H2,(H,27,32)(H,28,31). The summed E-state index contributed by atoms with van der Waals surface area (Å²) in [4.78, 5) is 28.9. The largest absolute Gasteiger partial charge is 0.421 e. The van der Waals surface area contributed by atoms with Crippen molar-refractivity contribution in [2.75, 3.05) is 5.32 Å². The normalized spacial score (nSPS) is 10.6. The topological polar surface area (TPSA) is 110 Å². The van der Waals surface area contributed by atoms with Crippen LogP contribution in [0.15, 0.2) is 77.3 Å². The molecule has 166 valence electrons. The van der Waals surface area contributed by atoms with Crippen LogP contribution in [0.4, 0.5) is 5.69 Å². The Kier molecular flexibility index (Phi) is 7.06. The molecule has 2 amide bonds. The van der Waals surface area contributed by atoms with E-state index in [2.05, 4.69) is 25.8 Å². The molecule has 2 aromatic heterocycles. The number of rotatable bonds is 8. The second-order valence-corrected chi connectivity index (χ2v) is 7.52. The summed E-state index contributed by atoms with van der Waals surface area (Å²) in [7, 11) is 0. The minimum absolute atomic E-state index is 0.153. The number of pyridine rings is 1. The molecule has 0 bridgehead atoms. The number of carbonyl (C=O) groups excluding carboxylic acids is 2. The van der Waals surface area contributed by atoms with Gasteiger partial charge < -0.3 is 15.1 Å². The number of aryl methyl sites for hydroxylation is 1. The first-order chi connectivity index (χ1) is 16.1. The molecule has 0 saturated heterocycles. The van der Waals surface area contributed by atoms with Crippen LogP contribution < -0.4 is 10.6 Å². The van der Waals surface area contributed by atoms with Gasteiger partial charge in [0.25, 0.3) is 5.91 Å². The molecule has 0 saturated carbocycles. The predicted octanol–water partition coefficient (Wildman–Crippen LogP) is 4.29. The summed E-state index contributed by atoms with van der Waals surface area (Å²) in [5.41, 5.74) is 2.36. The first-order valence-corrected chi connectivity index (χ1v) is 10.6. The second kappa shape index (κ2) is 10.5. The highest BCUT2D eigenvalue weighted by atomic mass is 35.5. The van der Waals surface area contributed by atoms with Crippen LogP contribution in [0.25, 0.3) is 11.5 Å². The van der Waals surface area contributed by atoms with Gasteiger partial charge in [0.15, 0.2) is 0 Å². The summed E-state index contributed by atoms with van der Waals surface area (Å²) in [5.74, 6) is 0.226. The molecule has 4 aromatic rings. The van der Waals surface area contributed by atoms with E-state index in [4.69, 9.17) is 16.0 Å². The van der Waals surface area contributed by atoms with Crippen molar-refractivity contribution >= 4 is 29.1 Å². The predicted molar refractivity (Wildman–Crippen MR) is 124 cm³/mol. The van der Waals surface area contributed by atoms with Crippen LogP contribution in [0.5, 0.6) is 0 Å². The molecule has 0 unspecified atom stereocenters. The molecule has 2 aromatic carbocycles. The lowest BCUT2D eigenvalue weighted by Crippen LogP contribution is -2.23. The van der Waals surface area contributed by atoms with Crippen molar-refractivity contribution in [1.82, 2.24) is 20.5 Å². The smallest absolute Gasteiger partial charge is 0.253 e. The lowest BCUT2D eigenvalue weighted by atomic mass is 10.2. The van der Waals surface area contributed by atoms with Crippen LogP contribution in [-0.4, -0.2) is 27.0 Å². The Hall–Kier alpha value is -4.04. The maximum absolute atomic E-state index is 12.4. The van der Waals surface area contributed by atoms with Crippen LogP contribution in [0.3, 0.4) is 0 Å². The maximum Gasteiger partial charge on any atom is 0.253 e.